The van der Waals surface area contributed by atoms with E-state index in [0.29, 0.717) is 12.8 Å². The molecular weight excluding hydrogens is 367 g/mol. The third kappa shape index (κ3) is 7.73. The fraction of sp³-hybridized carbons (Fsp3) is 0.720. The van der Waals surface area contributed by atoms with Gasteiger partial charge in [0.25, 0.3) is 0 Å². The number of carbonyl (C=O) groups excluding carboxylic acids is 1. The molecule has 0 spiro atoms. The van der Waals surface area contributed by atoms with Crippen molar-refractivity contribution < 1.29 is 19.0 Å². The largest absolute Gasteiger partial charge is 0.469 e. The summed E-state index contributed by atoms with van der Waals surface area (Å²) in [5, 5.41) is 10.3. The molecule has 1 N–H and O–H groups in total. The van der Waals surface area contributed by atoms with Crippen molar-refractivity contribution in [2.24, 2.45) is 5.92 Å². The van der Waals surface area contributed by atoms with E-state index in [-0.39, 0.29) is 17.8 Å². The van der Waals surface area contributed by atoms with Crippen LogP contribution in [0.2, 0.25) is 0 Å². The van der Waals surface area contributed by atoms with Crippen LogP contribution in [0, 0.1) is 5.92 Å². The molecule has 3 nitrogen and oxygen atoms in total. The van der Waals surface area contributed by atoms with Gasteiger partial charge in [0.05, 0.1) is 13.2 Å². The Labute approximate surface area is 176 Å². The van der Waals surface area contributed by atoms with Crippen LogP contribution in [0.1, 0.15) is 107 Å². The summed E-state index contributed by atoms with van der Waals surface area (Å²) in [6.07, 6.45) is 9.90. The van der Waals surface area contributed by atoms with Crippen LogP contribution in [0.5, 0.6) is 0 Å². The van der Waals surface area contributed by atoms with Crippen LogP contribution in [-0.4, -0.2) is 24.4 Å². The van der Waals surface area contributed by atoms with Gasteiger partial charge in [-0.15, -0.1) is 0 Å². The molecule has 1 fully saturated rings. The molecule has 4 heteroatoms. The lowest BCUT2D eigenvalue weighted by Gasteiger charge is -2.22. The molecule has 1 aromatic carbocycles. The van der Waals surface area contributed by atoms with Gasteiger partial charge < -0.3 is 9.84 Å². The Kier molecular flexibility index (Phi) is 10.7. The second-order valence-electron chi connectivity index (χ2n) is 8.57. The first-order chi connectivity index (χ1) is 14.1. The van der Waals surface area contributed by atoms with E-state index in [4.69, 9.17) is 0 Å². The number of hydrogen-bond donors (Lipinski definition) is 1. The summed E-state index contributed by atoms with van der Waals surface area (Å²) in [7, 11) is 1.42. The first-order valence-electron chi connectivity index (χ1n) is 11.6. The highest BCUT2D eigenvalue weighted by atomic mass is 19.1. The van der Waals surface area contributed by atoms with E-state index in [1.807, 2.05) is 12.1 Å². The molecule has 0 aromatic heterocycles. The van der Waals surface area contributed by atoms with Crippen LogP contribution >= 0.6 is 0 Å². The highest BCUT2D eigenvalue weighted by Gasteiger charge is 2.36. The number of unbranched alkanes of at least 4 members (excludes halogenated alkanes) is 5. The van der Waals surface area contributed by atoms with E-state index in [9.17, 15) is 14.3 Å². The summed E-state index contributed by atoms with van der Waals surface area (Å²) in [5.74, 6) is 0.228. The van der Waals surface area contributed by atoms with Gasteiger partial charge in [-0.05, 0) is 55.1 Å². The van der Waals surface area contributed by atoms with Gasteiger partial charge in [0.15, 0.2) is 0 Å². The van der Waals surface area contributed by atoms with E-state index < -0.39 is 12.3 Å². The van der Waals surface area contributed by atoms with Crippen molar-refractivity contribution in [1.82, 2.24) is 0 Å². The molecule has 1 aromatic rings. The van der Waals surface area contributed by atoms with Crippen molar-refractivity contribution >= 4 is 5.97 Å². The Morgan fingerprint density at radius 3 is 2.52 bits per heavy atom. The van der Waals surface area contributed by atoms with E-state index in [1.165, 1.54) is 12.7 Å². The molecule has 0 amide bonds. The number of aliphatic hydroxyl groups excluding tert-OH is 1. The molecule has 1 aliphatic rings. The lowest BCUT2D eigenvalue weighted by molar-refractivity contribution is -0.140. The van der Waals surface area contributed by atoms with E-state index in [2.05, 4.69) is 23.8 Å². The minimum Gasteiger partial charge on any atom is -0.469 e. The fourth-order valence-electron chi connectivity index (χ4n) is 4.64. The molecule has 2 rings (SSSR count). The first kappa shape index (κ1) is 23.9. The molecule has 4 atom stereocenters. The Morgan fingerprint density at radius 2 is 1.83 bits per heavy atom. The maximum Gasteiger partial charge on any atom is 0.305 e. The number of hydrogen-bond acceptors (Lipinski definition) is 3. The van der Waals surface area contributed by atoms with Crippen LogP contribution in [0.15, 0.2) is 24.3 Å². The number of carbonyl (C=O) groups is 1. The van der Waals surface area contributed by atoms with Crippen molar-refractivity contribution in [2.45, 2.75) is 102 Å². The van der Waals surface area contributed by atoms with Gasteiger partial charge in [0.2, 0.25) is 0 Å². The topological polar surface area (TPSA) is 46.5 Å². The highest BCUT2D eigenvalue weighted by molar-refractivity contribution is 5.68. The van der Waals surface area contributed by atoms with Crippen LogP contribution < -0.4 is 0 Å². The number of esters is 1. The first-order valence-corrected chi connectivity index (χ1v) is 11.6. The van der Waals surface area contributed by atoms with E-state index in [0.717, 1.165) is 69.8 Å². The average molecular weight is 407 g/mol. The summed E-state index contributed by atoms with van der Waals surface area (Å²) >= 11 is 0. The number of ether oxygens (including phenoxy) is 1. The molecule has 1 saturated carbocycles. The molecule has 0 heterocycles. The van der Waals surface area contributed by atoms with Crippen LogP contribution in [-0.2, 0) is 9.53 Å². The van der Waals surface area contributed by atoms with Gasteiger partial charge in [-0.2, -0.15) is 0 Å². The SMILES string of the molecule is CCCCCC(O)c1ccc([C@H]2CC[C@@H](F)C2CCCCCCC(=O)OC)cc1. The maximum absolute atomic E-state index is 14.5. The smallest absolute Gasteiger partial charge is 0.305 e. The van der Waals surface area contributed by atoms with Gasteiger partial charge in [-0.3, -0.25) is 4.79 Å². The number of methoxy groups -OCH3 is 1. The Balaban J connectivity index is 1.81. The number of alkyl halides is 1. The van der Waals surface area contributed by atoms with Crippen LogP contribution in [0.4, 0.5) is 4.39 Å². The van der Waals surface area contributed by atoms with E-state index in [1.54, 1.807) is 0 Å². The zero-order chi connectivity index (χ0) is 21.1. The van der Waals surface area contributed by atoms with Gasteiger partial charge in [0, 0.05) is 6.42 Å². The molecule has 0 aliphatic heterocycles. The number of halogens is 1. The van der Waals surface area contributed by atoms with Crippen LogP contribution in [0.3, 0.4) is 0 Å². The van der Waals surface area contributed by atoms with Crippen molar-refractivity contribution in [1.29, 1.82) is 0 Å². The van der Waals surface area contributed by atoms with Crippen molar-refractivity contribution in [2.75, 3.05) is 7.11 Å². The van der Waals surface area contributed by atoms with Crippen LogP contribution in [0.25, 0.3) is 0 Å². The van der Waals surface area contributed by atoms with Gasteiger partial charge in [-0.1, -0.05) is 69.7 Å². The van der Waals surface area contributed by atoms with Gasteiger partial charge in [-0.25, -0.2) is 4.39 Å². The monoisotopic (exact) mass is 406 g/mol. The third-order valence-corrected chi connectivity index (χ3v) is 6.46. The lowest BCUT2D eigenvalue weighted by atomic mass is 9.84. The molecule has 29 heavy (non-hydrogen) atoms. The van der Waals surface area contributed by atoms with Crippen molar-refractivity contribution in [3.63, 3.8) is 0 Å². The van der Waals surface area contributed by atoms with E-state index >= 15 is 0 Å². The van der Waals surface area contributed by atoms with Crippen molar-refractivity contribution in [3.8, 4) is 0 Å². The molecule has 0 bridgehead atoms. The quantitative estimate of drug-likeness (QED) is 0.295. The van der Waals surface area contributed by atoms with Gasteiger partial charge in [0.1, 0.15) is 6.17 Å². The normalized spacial score (nSPS) is 22.6. The number of aliphatic hydroxyl groups is 1. The average Bonchev–Trinajstić information content (AvgIpc) is 3.10. The summed E-state index contributed by atoms with van der Waals surface area (Å²) in [6, 6.07) is 8.26. The third-order valence-electron chi connectivity index (χ3n) is 6.46. The zero-order valence-electron chi connectivity index (χ0n) is 18.2. The predicted molar refractivity (Wildman–Crippen MR) is 116 cm³/mol. The summed E-state index contributed by atoms with van der Waals surface area (Å²) < 4.78 is 19.2. The number of benzene rings is 1. The minimum absolute atomic E-state index is 0.0935. The molecule has 0 radical (unpaired) electrons. The zero-order valence-corrected chi connectivity index (χ0v) is 18.2. The second-order valence-corrected chi connectivity index (χ2v) is 8.57. The lowest BCUT2D eigenvalue weighted by Crippen LogP contribution is -2.15. The van der Waals surface area contributed by atoms with Gasteiger partial charge >= 0.3 is 5.97 Å². The second kappa shape index (κ2) is 13.0. The Bertz CT molecular complexity index is 586. The molecule has 2 unspecified atom stereocenters. The summed E-state index contributed by atoms with van der Waals surface area (Å²) in [6.45, 7) is 2.17. The maximum atomic E-state index is 14.5. The molecular formula is C25H39FO3. The Hall–Kier alpha value is -1.42. The summed E-state index contributed by atoms with van der Waals surface area (Å²) in [4.78, 5) is 11.1. The van der Waals surface area contributed by atoms with Crippen molar-refractivity contribution in [3.05, 3.63) is 35.4 Å². The minimum atomic E-state index is -0.714. The molecule has 1 aliphatic carbocycles. The summed E-state index contributed by atoms with van der Waals surface area (Å²) in [5.41, 5.74) is 2.19. The standard InChI is InChI=1S/C25H39FO3/c1-3-4-7-11-24(27)20-15-13-19(14-16-20)21-17-18-23(26)22(21)10-8-5-6-9-12-25(28)29-2/h13-16,21-24,27H,3-12,17-18H2,1-2H3/t21-,22?,23-,24?/m1/s1. The number of rotatable bonds is 13. The fourth-order valence-corrected chi connectivity index (χ4v) is 4.64. The highest BCUT2D eigenvalue weighted by Crippen LogP contribution is 2.44. The Morgan fingerprint density at radius 1 is 1.10 bits per heavy atom. The predicted octanol–water partition coefficient (Wildman–Crippen LogP) is 6.65. The molecule has 0 saturated heterocycles. The molecule has 164 valence electrons.